The predicted octanol–water partition coefficient (Wildman–Crippen LogP) is 2.70. The van der Waals surface area contributed by atoms with Gasteiger partial charge in [0.15, 0.2) is 0 Å². The minimum absolute atomic E-state index is 0.102. The molecule has 2 aromatic rings. The first-order chi connectivity index (χ1) is 11.8. The van der Waals surface area contributed by atoms with Gasteiger partial charge in [-0.2, -0.15) is 4.68 Å². The van der Waals surface area contributed by atoms with E-state index < -0.39 is 5.76 Å². The maximum absolute atomic E-state index is 12.1. The van der Waals surface area contributed by atoms with Crippen LogP contribution in [-0.4, -0.2) is 22.5 Å². The summed E-state index contributed by atoms with van der Waals surface area (Å²) in [4.78, 5) is 12.1. The lowest BCUT2D eigenvalue weighted by molar-refractivity contribution is 0.0130. The van der Waals surface area contributed by atoms with Crippen LogP contribution in [0.15, 0.2) is 33.5 Å². The fraction of sp³-hybridized carbons (Fsp3) is 0.474. The third-order valence-corrected chi connectivity index (χ3v) is 4.38. The third kappa shape index (κ3) is 3.60. The lowest BCUT2D eigenvalue weighted by Gasteiger charge is -2.20. The van der Waals surface area contributed by atoms with Crippen LogP contribution in [0.4, 0.5) is 0 Å². The Kier molecular flexibility index (Phi) is 4.22. The van der Waals surface area contributed by atoms with Crippen molar-refractivity contribution in [3.05, 3.63) is 46.3 Å². The Morgan fingerprint density at radius 2 is 2.00 bits per heavy atom. The molecule has 1 aromatic heterocycles. The van der Waals surface area contributed by atoms with E-state index in [4.69, 9.17) is 9.15 Å². The van der Waals surface area contributed by atoms with Gasteiger partial charge in [-0.3, -0.25) is 0 Å². The maximum Gasteiger partial charge on any atom is 0.441 e. The van der Waals surface area contributed by atoms with Gasteiger partial charge < -0.3 is 9.15 Å². The molecule has 0 unspecified atom stereocenters. The minimum Gasteiger partial charge on any atom is -0.392 e. The SMILES string of the molecule is O=c1oc(C[C@H]2CCCCO2)nn1-c1ccc(C#CC2CC2)cc1. The van der Waals surface area contributed by atoms with Crippen molar-refractivity contribution in [1.82, 2.24) is 9.78 Å². The molecule has 1 aliphatic carbocycles. The number of benzene rings is 1. The van der Waals surface area contributed by atoms with Crippen molar-refractivity contribution in [2.75, 3.05) is 6.61 Å². The number of hydrogen-bond donors (Lipinski definition) is 0. The summed E-state index contributed by atoms with van der Waals surface area (Å²) in [7, 11) is 0. The largest absolute Gasteiger partial charge is 0.441 e. The van der Waals surface area contributed by atoms with E-state index in [-0.39, 0.29) is 6.10 Å². The average molecular weight is 324 g/mol. The smallest absolute Gasteiger partial charge is 0.392 e. The van der Waals surface area contributed by atoms with Crippen LogP contribution in [0.1, 0.15) is 43.6 Å². The molecule has 1 atom stereocenters. The molecule has 1 aromatic carbocycles. The van der Waals surface area contributed by atoms with Crippen LogP contribution >= 0.6 is 0 Å². The molecule has 0 N–H and O–H groups in total. The van der Waals surface area contributed by atoms with Gasteiger partial charge in [0.05, 0.1) is 18.2 Å². The highest BCUT2D eigenvalue weighted by Crippen LogP contribution is 2.27. The number of nitrogens with zero attached hydrogens (tertiary/aromatic N) is 2. The Hall–Kier alpha value is -2.32. The lowest BCUT2D eigenvalue weighted by atomic mass is 10.1. The van der Waals surface area contributed by atoms with Crippen LogP contribution in [0.2, 0.25) is 0 Å². The average Bonchev–Trinajstić information content (AvgIpc) is 3.37. The predicted molar refractivity (Wildman–Crippen MR) is 89.0 cm³/mol. The van der Waals surface area contributed by atoms with Gasteiger partial charge >= 0.3 is 5.76 Å². The van der Waals surface area contributed by atoms with Crippen molar-refractivity contribution < 1.29 is 9.15 Å². The standard InChI is InChI=1S/C19H20N2O3/c22-19-21(20-18(24-19)13-17-3-1-2-12-23-17)16-10-8-15(9-11-16)7-6-14-4-5-14/h8-11,14,17H,1-5,12-13H2/t17-/m1/s1. The summed E-state index contributed by atoms with van der Waals surface area (Å²) in [5, 5.41) is 4.31. The number of hydrogen-bond acceptors (Lipinski definition) is 4. The second kappa shape index (κ2) is 6.66. The van der Waals surface area contributed by atoms with Crippen LogP contribution in [0.5, 0.6) is 0 Å². The molecule has 2 heterocycles. The molecule has 1 saturated heterocycles. The normalized spacial score (nSPS) is 20.4. The molecule has 0 amide bonds. The molecule has 124 valence electrons. The number of ether oxygens (including phenoxy) is 1. The van der Waals surface area contributed by atoms with E-state index >= 15 is 0 Å². The summed E-state index contributed by atoms with van der Waals surface area (Å²) >= 11 is 0. The van der Waals surface area contributed by atoms with Gasteiger partial charge in [-0.15, -0.1) is 5.10 Å². The number of aromatic nitrogens is 2. The van der Waals surface area contributed by atoms with Gasteiger partial charge in [-0.05, 0) is 56.4 Å². The molecule has 0 radical (unpaired) electrons. The summed E-state index contributed by atoms with van der Waals surface area (Å²) in [5.74, 6) is 6.94. The van der Waals surface area contributed by atoms with E-state index in [0.29, 0.717) is 23.9 Å². The zero-order valence-corrected chi connectivity index (χ0v) is 13.5. The van der Waals surface area contributed by atoms with E-state index in [0.717, 1.165) is 31.4 Å². The molecule has 2 aliphatic rings. The van der Waals surface area contributed by atoms with Crippen LogP contribution in [0.3, 0.4) is 0 Å². The molecule has 4 rings (SSSR count). The minimum atomic E-state index is -0.461. The molecule has 0 bridgehead atoms. The van der Waals surface area contributed by atoms with Crippen LogP contribution in [0.25, 0.3) is 5.69 Å². The first-order valence-electron chi connectivity index (χ1n) is 8.60. The van der Waals surface area contributed by atoms with Gasteiger partial charge in [-0.1, -0.05) is 11.8 Å². The molecule has 5 heteroatoms. The molecular formula is C19H20N2O3. The van der Waals surface area contributed by atoms with Crippen LogP contribution in [0, 0.1) is 17.8 Å². The monoisotopic (exact) mass is 324 g/mol. The Labute approximate surface area is 140 Å². The Morgan fingerprint density at radius 3 is 2.71 bits per heavy atom. The molecule has 24 heavy (non-hydrogen) atoms. The van der Waals surface area contributed by atoms with Gasteiger partial charge in [0.25, 0.3) is 0 Å². The molecular weight excluding hydrogens is 304 g/mol. The summed E-state index contributed by atoms with van der Waals surface area (Å²) < 4.78 is 12.3. The van der Waals surface area contributed by atoms with Gasteiger partial charge in [0, 0.05) is 18.1 Å². The highest BCUT2D eigenvalue weighted by molar-refractivity contribution is 5.41. The molecule has 5 nitrogen and oxygen atoms in total. The second-order valence-electron chi connectivity index (χ2n) is 6.46. The Morgan fingerprint density at radius 1 is 1.17 bits per heavy atom. The summed E-state index contributed by atoms with van der Waals surface area (Å²) in [6, 6.07) is 7.52. The fourth-order valence-corrected chi connectivity index (χ4v) is 2.82. The Bertz CT molecular complexity index is 813. The van der Waals surface area contributed by atoms with Crippen LogP contribution in [-0.2, 0) is 11.2 Å². The van der Waals surface area contributed by atoms with Crippen molar-refractivity contribution in [3.63, 3.8) is 0 Å². The second-order valence-corrected chi connectivity index (χ2v) is 6.46. The summed E-state index contributed by atoms with van der Waals surface area (Å²) in [5.41, 5.74) is 1.65. The van der Waals surface area contributed by atoms with Crippen molar-refractivity contribution in [3.8, 4) is 17.5 Å². The van der Waals surface area contributed by atoms with Crippen molar-refractivity contribution in [2.45, 2.75) is 44.6 Å². The first kappa shape index (κ1) is 15.2. The van der Waals surface area contributed by atoms with Gasteiger partial charge in [0.1, 0.15) is 0 Å². The van der Waals surface area contributed by atoms with E-state index in [2.05, 4.69) is 16.9 Å². The van der Waals surface area contributed by atoms with Gasteiger partial charge in [0.2, 0.25) is 5.89 Å². The summed E-state index contributed by atoms with van der Waals surface area (Å²) in [6.07, 6.45) is 6.33. The van der Waals surface area contributed by atoms with E-state index in [9.17, 15) is 4.79 Å². The van der Waals surface area contributed by atoms with E-state index in [1.165, 1.54) is 17.5 Å². The van der Waals surface area contributed by atoms with Crippen molar-refractivity contribution >= 4 is 0 Å². The molecule has 2 fully saturated rings. The van der Waals surface area contributed by atoms with Crippen LogP contribution < -0.4 is 5.76 Å². The highest BCUT2D eigenvalue weighted by atomic mass is 16.5. The van der Waals surface area contributed by atoms with Crippen molar-refractivity contribution in [1.29, 1.82) is 0 Å². The fourth-order valence-electron chi connectivity index (χ4n) is 2.82. The molecule has 1 aliphatic heterocycles. The van der Waals surface area contributed by atoms with E-state index in [1.807, 2.05) is 24.3 Å². The Balaban J connectivity index is 1.49. The number of rotatable bonds is 3. The molecule has 1 saturated carbocycles. The molecule has 0 spiro atoms. The van der Waals surface area contributed by atoms with E-state index in [1.54, 1.807) is 0 Å². The quantitative estimate of drug-likeness (QED) is 0.815. The lowest BCUT2D eigenvalue weighted by Crippen LogP contribution is -2.21. The zero-order valence-electron chi connectivity index (χ0n) is 13.5. The highest BCUT2D eigenvalue weighted by Gasteiger charge is 2.19. The van der Waals surface area contributed by atoms with Gasteiger partial charge in [-0.25, -0.2) is 4.79 Å². The first-order valence-corrected chi connectivity index (χ1v) is 8.60. The maximum atomic E-state index is 12.1. The third-order valence-electron chi connectivity index (χ3n) is 4.38. The van der Waals surface area contributed by atoms with Crippen molar-refractivity contribution in [2.24, 2.45) is 5.92 Å². The summed E-state index contributed by atoms with van der Waals surface area (Å²) in [6.45, 7) is 0.777. The topological polar surface area (TPSA) is 57.3 Å². The zero-order chi connectivity index (χ0) is 16.4.